The molecule has 1 saturated heterocycles. The predicted octanol–water partition coefficient (Wildman–Crippen LogP) is 3.22. The van der Waals surface area contributed by atoms with Crippen LogP contribution in [0.4, 0.5) is 0 Å². The molecule has 0 saturated carbocycles. The van der Waals surface area contributed by atoms with Gasteiger partial charge in [-0.25, -0.2) is 0 Å². The zero-order chi connectivity index (χ0) is 14.7. The molecule has 21 heavy (non-hydrogen) atoms. The molecule has 0 radical (unpaired) electrons. The number of ether oxygens (including phenoxy) is 1. The van der Waals surface area contributed by atoms with Crippen LogP contribution in [0.15, 0.2) is 42.5 Å². The van der Waals surface area contributed by atoms with Crippen molar-refractivity contribution in [1.29, 1.82) is 0 Å². The second-order valence-electron chi connectivity index (χ2n) is 5.72. The first-order chi connectivity index (χ1) is 10.3. The number of rotatable bonds is 3. The number of fused-ring (bicyclic) bond motifs is 1. The minimum Gasteiger partial charge on any atom is -0.381 e. The lowest BCUT2D eigenvalue weighted by Crippen LogP contribution is -2.35. The summed E-state index contributed by atoms with van der Waals surface area (Å²) in [6.07, 6.45) is 1.69. The van der Waals surface area contributed by atoms with E-state index in [4.69, 9.17) is 4.74 Å². The lowest BCUT2D eigenvalue weighted by Gasteiger charge is -2.27. The maximum absolute atomic E-state index is 12.5. The van der Waals surface area contributed by atoms with Gasteiger partial charge in [0.05, 0.1) is 0 Å². The summed E-state index contributed by atoms with van der Waals surface area (Å²) < 4.78 is 5.33. The van der Waals surface area contributed by atoms with Crippen LogP contribution in [0.3, 0.4) is 0 Å². The summed E-state index contributed by atoms with van der Waals surface area (Å²) in [5.74, 6) is 0.366. The van der Waals surface area contributed by atoms with Crippen molar-refractivity contribution in [3.8, 4) is 0 Å². The molecule has 3 rings (SSSR count). The van der Waals surface area contributed by atoms with Crippen LogP contribution in [0.1, 0.15) is 18.4 Å². The number of hydrogen-bond donors (Lipinski definition) is 0. The van der Waals surface area contributed by atoms with Gasteiger partial charge in [-0.15, -0.1) is 0 Å². The summed E-state index contributed by atoms with van der Waals surface area (Å²) in [4.78, 5) is 14.4. The first-order valence-electron chi connectivity index (χ1n) is 7.55. The van der Waals surface area contributed by atoms with Gasteiger partial charge in [0, 0.05) is 32.7 Å². The molecule has 1 aliphatic rings. The molecule has 1 aliphatic heterocycles. The summed E-state index contributed by atoms with van der Waals surface area (Å²) in [5, 5.41) is 2.45. The Hall–Kier alpha value is -1.87. The van der Waals surface area contributed by atoms with Crippen molar-refractivity contribution in [2.24, 2.45) is 5.92 Å². The maximum atomic E-state index is 12.5. The molecule has 1 heterocycles. The Bertz CT molecular complexity index is 627. The average Bonchev–Trinajstić information content (AvgIpc) is 2.55. The summed E-state index contributed by atoms with van der Waals surface area (Å²) >= 11 is 0. The highest BCUT2D eigenvalue weighted by Gasteiger charge is 2.24. The smallest absolute Gasteiger partial charge is 0.225 e. The molecule has 0 atom stereocenters. The van der Waals surface area contributed by atoms with Crippen molar-refractivity contribution in [3.63, 3.8) is 0 Å². The zero-order valence-electron chi connectivity index (χ0n) is 12.4. The Labute approximate surface area is 125 Å². The van der Waals surface area contributed by atoms with Gasteiger partial charge in [0.15, 0.2) is 0 Å². The highest BCUT2D eigenvalue weighted by atomic mass is 16.5. The van der Waals surface area contributed by atoms with E-state index in [1.807, 2.05) is 24.1 Å². The topological polar surface area (TPSA) is 29.5 Å². The molecule has 1 fully saturated rings. The first kappa shape index (κ1) is 14.1. The molecule has 0 aliphatic carbocycles. The lowest BCUT2D eigenvalue weighted by molar-refractivity contribution is -0.137. The highest BCUT2D eigenvalue weighted by Crippen LogP contribution is 2.22. The maximum Gasteiger partial charge on any atom is 0.225 e. The van der Waals surface area contributed by atoms with Crippen molar-refractivity contribution >= 4 is 16.7 Å². The molecule has 0 bridgehead atoms. The van der Waals surface area contributed by atoms with Gasteiger partial charge in [0.2, 0.25) is 5.91 Å². The highest BCUT2D eigenvalue weighted by molar-refractivity contribution is 5.86. The van der Waals surface area contributed by atoms with Crippen LogP contribution in [0.25, 0.3) is 10.8 Å². The van der Waals surface area contributed by atoms with Crippen LogP contribution in [0.5, 0.6) is 0 Å². The molecule has 1 amide bonds. The second-order valence-corrected chi connectivity index (χ2v) is 5.72. The third kappa shape index (κ3) is 3.08. The first-order valence-corrected chi connectivity index (χ1v) is 7.55. The quantitative estimate of drug-likeness (QED) is 0.865. The van der Waals surface area contributed by atoms with Gasteiger partial charge in [-0.3, -0.25) is 4.79 Å². The van der Waals surface area contributed by atoms with E-state index in [-0.39, 0.29) is 11.8 Å². The third-order valence-electron chi connectivity index (χ3n) is 4.23. The molecule has 0 unspecified atom stereocenters. The molecule has 2 aromatic carbocycles. The molecule has 110 valence electrons. The van der Waals surface area contributed by atoms with E-state index in [0.29, 0.717) is 19.8 Å². The van der Waals surface area contributed by atoms with E-state index >= 15 is 0 Å². The monoisotopic (exact) mass is 283 g/mol. The average molecular weight is 283 g/mol. The number of carbonyl (C=O) groups is 1. The van der Waals surface area contributed by atoms with Crippen LogP contribution in [-0.2, 0) is 16.1 Å². The van der Waals surface area contributed by atoms with Gasteiger partial charge in [0.25, 0.3) is 0 Å². The van der Waals surface area contributed by atoms with Gasteiger partial charge in [-0.05, 0) is 29.2 Å². The van der Waals surface area contributed by atoms with Gasteiger partial charge >= 0.3 is 0 Å². The molecular weight excluding hydrogens is 262 g/mol. The van der Waals surface area contributed by atoms with Crippen LogP contribution >= 0.6 is 0 Å². The molecule has 0 aromatic heterocycles. The van der Waals surface area contributed by atoms with E-state index in [9.17, 15) is 4.79 Å². The summed E-state index contributed by atoms with van der Waals surface area (Å²) in [5.41, 5.74) is 1.20. The van der Waals surface area contributed by atoms with Gasteiger partial charge in [0.1, 0.15) is 0 Å². The number of hydrogen-bond acceptors (Lipinski definition) is 2. The van der Waals surface area contributed by atoms with E-state index in [1.54, 1.807) is 0 Å². The van der Waals surface area contributed by atoms with E-state index in [2.05, 4.69) is 30.3 Å². The van der Waals surface area contributed by atoms with Crippen molar-refractivity contribution < 1.29 is 9.53 Å². The Morgan fingerprint density at radius 1 is 1.14 bits per heavy atom. The standard InChI is InChI=1S/C18H21NO2/c1-19(18(20)15-9-11-21-12-10-15)13-16-7-4-6-14-5-2-3-8-17(14)16/h2-8,15H,9-13H2,1H3. The largest absolute Gasteiger partial charge is 0.381 e. The van der Waals surface area contributed by atoms with E-state index in [1.165, 1.54) is 16.3 Å². The fraction of sp³-hybridized carbons (Fsp3) is 0.389. The Kier molecular flexibility index (Phi) is 4.20. The minimum absolute atomic E-state index is 0.124. The normalized spacial score (nSPS) is 16.0. The molecule has 0 spiro atoms. The zero-order valence-corrected chi connectivity index (χ0v) is 12.4. The van der Waals surface area contributed by atoms with Crippen molar-refractivity contribution in [2.45, 2.75) is 19.4 Å². The molecular formula is C18H21NO2. The number of benzene rings is 2. The van der Waals surface area contributed by atoms with Crippen LogP contribution in [0.2, 0.25) is 0 Å². The Morgan fingerprint density at radius 3 is 2.67 bits per heavy atom. The predicted molar refractivity (Wildman–Crippen MR) is 84.0 cm³/mol. The SMILES string of the molecule is CN(Cc1cccc2ccccc12)C(=O)C1CCOCC1. The van der Waals surface area contributed by atoms with Crippen molar-refractivity contribution in [2.75, 3.05) is 20.3 Å². The Balaban J connectivity index is 1.76. The number of amides is 1. The lowest BCUT2D eigenvalue weighted by atomic mass is 9.98. The van der Waals surface area contributed by atoms with E-state index in [0.717, 1.165) is 12.8 Å². The van der Waals surface area contributed by atoms with Crippen LogP contribution in [0, 0.1) is 5.92 Å². The molecule has 3 heteroatoms. The second kappa shape index (κ2) is 6.27. The number of nitrogens with zero attached hydrogens (tertiary/aromatic N) is 1. The molecule has 2 aromatic rings. The Morgan fingerprint density at radius 2 is 1.86 bits per heavy atom. The van der Waals surface area contributed by atoms with Gasteiger partial charge in [-0.2, -0.15) is 0 Å². The molecule has 0 N–H and O–H groups in total. The van der Waals surface area contributed by atoms with Crippen LogP contribution < -0.4 is 0 Å². The van der Waals surface area contributed by atoms with Gasteiger partial charge in [-0.1, -0.05) is 42.5 Å². The minimum atomic E-state index is 0.124. The van der Waals surface area contributed by atoms with Gasteiger partial charge < -0.3 is 9.64 Å². The number of carbonyl (C=O) groups excluding carboxylic acids is 1. The van der Waals surface area contributed by atoms with Crippen molar-refractivity contribution in [3.05, 3.63) is 48.0 Å². The van der Waals surface area contributed by atoms with Crippen LogP contribution in [-0.4, -0.2) is 31.1 Å². The molecule has 3 nitrogen and oxygen atoms in total. The summed E-state index contributed by atoms with van der Waals surface area (Å²) in [6.45, 7) is 2.08. The van der Waals surface area contributed by atoms with Crippen molar-refractivity contribution in [1.82, 2.24) is 4.90 Å². The van der Waals surface area contributed by atoms with E-state index < -0.39 is 0 Å². The summed E-state index contributed by atoms with van der Waals surface area (Å²) in [7, 11) is 1.90. The summed E-state index contributed by atoms with van der Waals surface area (Å²) in [6, 6.07) is 14.6. The third-order valence-corrected chi connectivity index (χ3v) is 4.23. The fourth-order valence-electron chi connectivity index (χ4n) is 3.02. The fourth-order valence-corrected chi connectivity index (χ4v) is 3.02.